The first-order valence-electron chi connectivity index (χ1n) is 10.9. The van der Waals surface area contributed by atoms with E-state index in [1.165, 1.54) is 55.8 Å². The third-order valence-electron chi connectivity index (χ3n) is 4.81. The summed E-state index contributed by atoms with van der Waals surface area (Å²) in [5.41, 5.74) is 1.42. The fourth-order valence-electron chi connectivity index (χ4n) is 3.24. The summed E-state index contributed by atoms with van der Waals surface area (Å²) in [5, 5.41) is 0.683. The molecule has 1 aromatic rings. The fraction of sp³-hybridized carbons (Fsp3) is 0.680. The zero-order valence-electron chi connectivity index (χ0n) is 20.7. The molecule has 0 unspecified atom stereocenters. The van der Waals surface area contributed by atoms with Gasteiger partial charge in [-0.05, 0) is 70.7 Å². The van der Waals surface area contributed by atoms with Crippen molar-refractivity contribution in [3.05, 3.63) is 37.8 Å². The van der Waals surface area contributed by atoms with Crippen molar-refractivity contribution in [2.75, 3.05) is 19.6 Å². The molecule has 0 saturated carbocycles. The molecule has 0 spiro atoms. The van der Waals surface area contributed by atoms with E-state index >= 15 is 0 Å². The summed E-state index contributed by atoms with van der Waals surface area (Å²) in [6.07, 6.45) is 6.81. The van der Waals surface area contributed by atoms with Gasteiger partial charge in [0, 0.05) is 93.9 Å². The maximum Gasteiger partial charge on any atom is 0.0392 e. The van der Waals surface area contributed by atoms with Crippen molar-refractivity contribution < 1.29 is 65.4 Å². The van der Waals surface area contributed by atoms with Crippen LogP contribution in [0, 0.1) is 13.3 Å². The van der Waals surface area contributed by atoms with Gasteiger partial charge in [-0.1, -0.05) is 52.3 Å². The first-order chi connectivity index (χ1) is 12.9. The van der Waals surface area contributed by atoms with Crippen LogP contribution < -0.4 is 0 Å². The third-order valence-corrected chi connectivity index (χ3v) is 5.82. The molecular weight excluding hydrogens is 538 g/mol. The van der Waals surface area contributed by atoms with Crippen LogP contribution in [-0.4, -0.2) is 41.5 Å². The van der Waals surface area contributed by atoms with E-state index < -0.39 is 0 Å². The van der Waals surface area contributed by atoms with E-state index in [0.29, 0.717) is 11.2 Å². The molecule has 0 amide bonds. The van der Waals surface area contributed by atoms with Crippen LogP contribution in [0.1, 0.15) is 73.6 Å². The second-order valence-corrected chi connectivity index (χ2v) is 9.95. The van der Waals surface area contributed by atoms with Gasteiger partial charge in [0.05, 0.1) is 0 Å². The monoisotopic (exact) mass is 583 g/mol. The molecular formula is C25H45N2SY2-. The standard InChI is InChI=1S/C9H12S.C8H17N.C7H13N.CH3.2Y/c1-8(2)10-9-6-4-3-5-7-9;1-8(2)9-6-4-3-5-7-9;1-6(2)7-4-3-5-8-7;;;/h3-8H,1-2H3;8H,3-7H2,1-2H3;6H,3-5H2,1-2H3;1H3;;/q;;;-1;;. The fourth-order valence-corrected chi connectivity index (χ4v) is 4.10. The van der Waals surface area contributed by atoms with Crippen LogP contribution in [0.25, 0.3) is 0 Å². The van der Waals surface area contributed by atoms with E-state index in [1.54, 1.807) is 0 Å². The first kappa shape index (κ1) is 36.0. The molecule has 1 fully saturated rings. The summed E-state index contributed by atoms with van der Waals surface area (Å²) < 4.78 is 0. The second-order valence-electron chi connectivity index (χ2n) is 8.30. The number of piperidine rings is 1. The van der Waals surface area contributed by atoms with Crippen molar-refractivity contribution in [2.24, 2.45) is 10.9 Å². The quantitative estimate of drug-likeness (QED) is 0.272. The number of benzene rings is 1. The zero-order chi connectivity index (χ0) is 20.1. The summed E-state index contributed by atoms with van der Waals surface area (Å²) >= 11 is 1.90. The number of nitrogens with zero attached hydrogens (tertiary/aromatic N) is 2. The van der Waals surface area contributed by atoms with E-state index in [9.17, 15) is 0 Å². The Morgan fingerprint density at radius 1 is 0.833 bits per heavy atom. The number of rotatable bonds is 4. The van der Waals surface area contributed by atoms with Crippen molar-refractivity contribution in [3.63, 3.8) is 0 Å². The van der Waals surface area contributed by atoms with Crippen molar-refractivity contribution in [1.29, 1.82) is 0 Å². The van der Waals surface area contributed by atoms with Crippen LogP contribution >= 0.6 is 11.8 Å². The molecule has 1 saturated heterocycles. The SMILES string of the molecule is CC(C)C1=NCCC1.CC(C)N1CCCCC1.CC(C)Sc1ccccc1.[CH3-].[Y].[Y]. The second kappa shape index (κ2) is 22.2. The van der Waals surface area contributed by atoms with Crippen LogP contribution in [0.3, 0.4) is 0 Å². The number of likely N-dealkylation sites (tertiary alicyclic amines) is 1. The molecule has 0 bridgehead atoms. The molecule has 1 aromatic carbocycles. The Kier molecular flexibility index (Phi) is 26.6. The summed E-state index contributed by atoms with van der Waals surface area (Å²) in [5.74, 6) is 0.692. The Bertz CT molecular complexity index is 513. The molecule has 0 aromatic heterocycles. The van der Waals surface area contributed by atoms with E-state index in [4.69, 9.17) is 0 Å². The molecule has 0 N–H and O–H groups in total. The van der Waals surface area contributed by atoms with Crippen LogP contribution in [0.5, 0.6) is 0 Å². The molecule has 30 heavy (non-hydrogen) atoms. The van der Waals surface area contributed by atoms with Crippen LogP contribution in [-0.2, 0) is 65.4 Å². The Balaban J connectivity index is -0.000000349. The van der Waals surface area contributed by atoms with Crippen molar-refractivity contribution in [1.82, 2.24) is 4.90 Å². The first-order valence-corrected chi connectivity index (χ1v) is 11.8. The molecule has 0 atom stereocenters. The predicted octanol–water partition coefficient (Wildman–Crippen LogP) is 7.39. The van der Waals surface area contributed by atoms with Crippen molar-refractivity contribution >= 4 is 17.5 Å². The summed E-state index contributed by atoms with van der Waals surface area (Å²) in [7, 11) is 0. The number of aliphatic imine (C=N–C) groups is 1. The average molecular weight is 584 g/mol. The average Bonchev–Trinajstić information content (AvgIpc) is 3.19. The molecule has 5 heteroatoms. The molecule has 2 nitrogen and oxygen atoms in total. The Labute approximate surface area is 243 Å². The minimum absolute atomic E-state index is 0. The topological polar surface area (TPSA) is 15.6 Å². The Morgan fingerprint density at radius 2 is 1.40 bits per heavy atom. The maximum atomic E-state index is 4.35. The summed E-state index contributed by atoms with van der Waals surface area (Å²) in [6.45, 7) is 17.1. The third kappa shape index (κ3) is 17.9. The van der Waals surface area contributed by atoms with Crippen LogP contribution in [0.15, 0.2) is 40.2 Å². The van der Waals surface area contributed by atoms with E-state index in [1.807, 2.05) is 17.8 Å². The zero-order valence-corrected chi connectivity index (χ0v) is 27.2. The van der Waals surface area contributed by atoms with Gasteiger partial charge in [-0.2, -0.15) is 0 Å². The normalized spacial score (nSPS) is 15.6. The maximum absolute atomic E-state index is 4.35. The Hall–Kier alpha value is 1.41. The number of thioether (sulfide) groups is 1. The predicted molar refractivity (Wildman–Crippen MR) is 131 cm³/mol. The van der Waals surface area contributed by atoms with Gasteiger partial charge < -0.3 is 12.3 Å². The van der Waals surface area contributed by atoms with Crippen LogP contribution in [0.2, 0.25) is 0 Å². The number of hydrogen-bond donors (Lipinski definition) is 0. The van der Waals surface area contributed by atoms with Crippen molar-refractivity contribution in [2.45, 2.75) is 89.8 Å². The molecule has 3 rings (SSSR count). The molecule has 2 aliphatic rings. The van der Waals surface area contributed by atoms with Gasteiger partial charge in [-0.25, -0.2) is 0 Å². The van der Waals surface area contributed by atoms with Crippen molar-refractivity contribution in [3.8, 4) is 0 Å². The van der Waals surface area contributed by atoms with Gasteiger partial charge in [-0.15, -0.1) is 11.8 Å². The van der Waals surface area contributed by atoms with Gasteiger partial charge >= 0.3 is 0 Å². The minimum atomic E-state index is 0. The van der Waals surface area contributed by atoms with Gasteiger partial charge in [0.15, 0.2) is 0 Å². The van der Waals surface area contributed by atoms with E-state index in [-0.39, 0.29) is 72.8 Å². The minimum Gasteiger partial charge on any atom is -0.358 e. The molecule has 0 aliphatic carbocycles. The Morgan fingerprint density at radius 3 is 1.73 bits per heavy atom. The largest absolute Gasteiger partial charge is 0.358 e. The number of hydrogen-bond acceptors (Lipinski definition) is 3. The van der Waals surface area contributed by atoms with E-state index in [0.717, 1.165) is 12.6 Å². The smallest absolute Gasteiger partial charge is 0.0392 e. The molecule has 168 valence electrons. The van der Waals surface area contributed by atoms with Gasteiger partial charge in [-0.3, -0.25) is 4.99 Å². The molecule has 2 heterocycles. The molecule has 2 aliphatic heterocycles. The van der Waals surface area contributed by atoms with Gasteiger partial charge in [0.25, 0.3) is 0 Å². The van der Waals surface area contributed by atoms with E-state index in [2.05, 4.69) is 75.7 Å². The van der Waals surface area contributed by atoms with Gasteiger partial charge in [0.2, 0.25) is 0 Å². The van der Waals surface area contributed by atoms with Gasteiger partial charge in [0.1, 0.15) is 0 Å². The summed E-state index contributed by atoms with van der Waals surface area (Å²) in [4.78, 5) is 8.27. The molecule has 2 radical (unpaired) electrons. The van der Waals surface area contributed by atoms with Crippen LogP contribution in [0.4, 0.5) is 0 Å². The summed E-state index contributed by atoms with van der Waals surface area (Å²) in [6, 6.07) is 11.3.